The lowest BCUT2D eigenvalue weighted by Gasteiger charge is -2.32. The molecule has 0 aromatic heterocycles. The molecule has 0 amide bonds. The SMILES string of the molecule is CC(C)CCN1CCCC(SSCCN2CCOCC2)C1. The van der Waals surface area contributed by atoms with Gasteiger partial charge in [-0.05, 0) is 38.3 Å². The van der Waals surface area contributed by atoms with Gasteiger partial charge >= 0.3 is 0 Å². The van der Waals surface area contributed by atoms with Gasteiger partial charge in [0.2, 0.25) is 0 Å². The molecule has 2 aliphatic heterocycles. The van der Waals surface area contributed by atoms with Gasteiger partial charge < -0.3 is 9.64 Å². The second kappa shape index (κ2) is 10.4. The fraction of sp³-hybridized carbons (Fsp3) is 1.00. The van der Waals surface area contributed by atoms with Crippen LogP contribution in [0, 0.1) is 5.92 Å². The number of piperidine rings is 1. The summed E-state index contributed by atoms with van der Waals surface area (Å²) in [6, 6.07) is 0. The van der Waals surface area contributed by atoms with Crippen molar-refractivity contribution >= 4 is 21.6 Å². The molecule has 2 heterocycles. The lowest BCUT2D eigenvalue weighted by atomic mass is 10.1. The molecule has 0 aromatic rings. The molecule has 124 valence electrons. The highest BCUT2D eigenvalue weighted by Crippen LogP contribution is 2.32. The lowest BCUT2D eigenvalue weighted by Crippen LogP contribution is -2.38. The molecule has 2 rings (SSSR count). The predicted molar refractivity (Wildman–Crippen MR) is 96.2 cm³/mol. The number of hydrogen-bond acceptors (Lipinski definition) is 5. The first kappa shape index (κ1) is 17.9. The van der Waals surface area contributed by atoms with Gasteiger partial charge in [-0.2, -0.15) is 0 Å². The Morgan fingerprint density at radius 2 is 1.90 bits per heavy atom. The fourth-order valence-electron chi connectivity index (χ4n) is 2.87. The third-order valence-electron chi connectivity index (χ3n) is 4.28. The van der Waals surface area contributed by atoms with Gasteiger partial charge in [0.1, 0.15) is 0 Å². The summed E-state index contributed by atoms with van der Waals surface area (Å²) < 4.78 is 5.39. The first-order valence-electron chi connectivity index (χ1n) is 8.55. The molecule has 2 saturated heterocycles. The predicted octanol–water partition coefficient (Wildman–Crippen LogP) is 3.21. The Morgan fingerprint density at radius 3 is 2.67 bits per heavy atom. The first-order valence-corrected chi connectivity index (χ1v) is 10.9. The van der Waals surface area contributed by atoms with Crippen molar-refractivity contribution in [2.75, 3.05) is 58.2 Å². The van der Waals surface area contributed by atoms with Crippen LogP contribution in [0.3, 0.4) is 0 Å². The molecule has 1 atom stereocenters. The third-order valence-corrected chi connectivity index (χ3v) is 7.15. The van der Waals surface area contributed by atoms with Crippen molar-refractivity contribution in [3.05, 3.63) is 0 Å². The zero-order valence-corrected chi connectivity index (χ0v) is 15.4. The van der Waals surface area contributed by atoms with Crippen LogP contribution in [0.1, 0.15) is 33.1 Å². The zero-order valence-electron chi connectivity index (χ0n) is 13.8. The summed E-state index contributed by atoms with van der Waals surface area (Å²) in [4.78, 5) is 5.22. The van der Waals surface area contributed by atoms with E-state index in [1.165, 1.54) is 51.2 Å². The van der Waals surface area contributed by atoms with Crippen LogP contribution in [0.15, 0.2) is 0 Å². The van der Waals surface area contributed by atoms with Crippen molar-refractivity contribution in [2.45, 2.75) is 38.4 Å². The molecule has 0 bridgehead atoms. The van der Waals surface area contributed by atoms with Crippen LogP contribution in [-0.4, -0.2) is 73.3 Å². The van der Waals surface area contributed by atoms with E-state index in [9.17, 15) is 0 Å². The van der Waals surface area contributed by atoms with Gasteiger partial charge in [0.15, 0.2) is 0 Å². The summed E-state index contributed by atoms with van der Waals surface area (Å²) >= 11 is 0. The van der Waals surface area contributed by atoms with Crippen LogP contribution in [0.2, 0.25) is 0 Å². The fourth-order valence-corrected chi connectivity index (χ4v) is 5.59. The van der Waals surface area contributed by atoms with Gasteiger partial charge in [0, 0.05) is 37.2 Å². The van der Waals surface area contributed by atoms with E-state index >= 15 is 0 Å². The average molecular weight is 333 g/mol. The molecule has 0 N–H and O–H groups in total. The van der Waals surface area contributed by atoms with Crippen molar-refractivity contribution in [3.8, 4) is 0 Å². The van der Waals surface area contributed by atoms with Gasteiger partial charge in [-0.1, -0.05) is 35.4 Å². The molecule has 0 aliphatic carbocycles. The van der Waals surface area contributed by atoms with E-state index in [4.69, 9.17) is 4.74 Å². The zero-order chi connectivity index (χ0) is 14.9. The third kappa shape index (κ3) is 7.60. The quantitative estimate of drug-likeness (QED) is 0.499. The number of hydrogen-bond donors (Lipinski definition) is 0. The van der Waals surface area contributed by atoms with Crippen LogP contribution in [0.25, 0.3) is 0 Å². The Bertz CT molecular complexity index is 273. The maximum atomic E-state index is 5.39. The second-order valence-corrected chi connectivity index (χ2v) is 9.41. The van der Waals surface area contributed by atoms with Gasteiger partial charge in [0.25, 0.3) is 0 Å². The van der Waals surface area contributed by atoms with Crippen molar-refractivity contribution in [2.24, 2.45) is 5.92 Å². The highest BCUT2D eigenvalue weighted by Gasteiger charge is 2.20. The van der Waals surface area contributed by atoms with E-state index in [0.29, 0.717) is 0 Å². The van der Waals surface area contributed by atoms with E-state index in [2.05, 4.69) is 45.2 Å². The van der Waals surface area contributed by atoms with E-state index in [1.54, 1.807) is 0 Å². The van der Waals surface area contributed by atoms with Crippen LogP contribution in [0.4, 0.5) is 0 Å². The van der Waals surface area contributed by atoms with Crippen LogP contribution in [-0.2, 0) is 4.74 Å². The molecular weight excluding hydrogens is 300 g/mol. The number of morpholine rings is 1. The maximum Gasteiger partial charge on any atom is 0.0594 e. The van der Waals surface area contributed by atoms with Gasteiger partial charge in [-0.15, -0.1) is 0 Å². The topological polar surface area (TPSA) is 15.7 Å². The van der Waals surface area contributed by atoms with Gasteiger partial charge in [0.05, 0.1) is 13.2 Å². The van der Waals surface area contributed by atoms with Crippen LogP contribution >= 0.6 is 21.6 Å². The van der Waals surface area contributed by atoms with E-state index in [1.807, 2.05) is 0 Å². The number of rotatable bonds is 8. The van der Waals surface area contributed by atoms with Gasteiger partial charge in [-0.25, -0.2) is 0 Å². The Kier molecular flexibility index (Phi) is 8.85. The molecule has 0 saturated carbocycles. The Hall–Kier alpha value is 0.580. The maximum absolute atomic E-state index is 5.39. The summed E-state index contributed by atoms with van der Waals surface area (Å²) in [5, 5.41) is 0.848. The highest BCUT2D eigenvalue weighted by atomic mass is 33.1. The van der Waals surface area contributed by atoms with Crippen LogP contribution < -0.4 is 0 Å². The summed E-state index contributed by atoms with van der Waals surface area (Å²) in [6.45, 7) is 13.9. The molecule has 2 aliphatic rings. The van der Waals surface area contributed by atoms with Crippen molar-refractivity contribution in [1.82, 2.24) is 9.80 Å². The van der Waals surface area contributed by atoms with Gasteiger partial charge in [-0.3, -0.25) is 4.90 Å². The lowest BCUT2D eigenvalue weighted by molar-refractivity contribution is 0.0410. The Morgan fingerprint density at radius 1 is 1.10 bits per heavy atom. The highest BCUT2D eigenvalue weighted by molar-refractivity contribution is 8.76. The smallest absolute Gasteiger partial charge is 0.0594 e. The monoisotopic (exact) mass is 332 g/mol. The summed E-state index contributed by atoms with van der Waals surface area (Å²) in [5.74, 6) is 2.09. The summed E-state index contributed by atoms with van der Waals surface area (Å²) in [5.41, 5.74) is 0. The molecule has 0 radical (unpaired) electrons. The molecular formula is C16H32N2OS2. The minimum absolute atomic E-state index is 0.834. The molecule has 1 unspecified atom stereocenters. The minimum Gasteiger partial charge on any atom is -0.379 e. The molecule has 5 heteroatoms. The molecule has 0 spiro atoms. The number of nitrogens with zero attached hydrogens (tertiary/aromatic N) is 2. The standard InChI is InChI=1S/C16H32N2OS2/c1-15(2)5-7-18-6-3-4-16(14-18)21-20-13-10-17-8-11-19-12-9-17/h15-16H,3-14H2,1-2H3. The van der Waals surface area contributed by atoms with Crippen molar-refractivity contribution in [3.63, 3.8) is 0 Å². The molecule has 2 fully saturated rings. The Labute approximate surface area is 138 Å². The number of ether oxygens (including phenoxy) is 1. The molecule has 0 aromatic carbocycles. The second-order valence-electron chi connectivity index (χ2n) is 6.62. The van der Waals surface area contributed by atoms with E-state index in [0.717, 1.165) is 37.5 Å². The summed E-state index contributed by atoms with van der Waals surface area (Å²) in [7, 11) is 4.23. The van der Waals surface area contributed by atoms with Crippen molar-refractivity contribution in [1.29, 1.82) is 0 Å². The van der Waals surface area contributed by atoms with Crippen LogP contribution in [0.5, 0.6) is 0 Å². The molecule has 21 heavy (non-hydrogen) atoms. The molecule has 3 nitrogen and oxygen atoms in total. The Balaban J connectivity index is 1.53. The normalized spacial score (nSPS) is 25.6. The summed E-state index contributed by atoms with van der Waals surface area (Å²) in [6.07, 6.45) is 4.15. The first-order chi connectivity index (χ1) is 10.2. The van der Waals surface area contributed by atoms with Crippen molar-refractivity contribution < 1.29 is 4.74 Å². The van der Waals surface area contributed by atoms with E-state index in [-0.39, 0.29) is 0 Å². The van der Waals surface area contributed by atoms with E-state index < -0.39 is 0 Å². The average Bonchev–Trinajstić information content (AvgIpc) is 2.51. The largest absolute Gasteiger partial charge is 0.379 e. The number of likely N-dealkylation sites (tertiary alicyclic amines) is 1. The minimum atomic E-state index is 0.834.